The van der Waals surface area contributed by atoms with Crippen LogP contribution in [0.4, 0.5) is 0 Å². The van der Waals surface area contributed by atoms with Gasteiger partial charge in [0.1, 0.15) is 11.4 Å². The van der Waals surface area contributed by atoms with Gasteiger partial charge in [0, 0.05) is 17.9 Å². The number of hydrogen-bond acceptors (Lipinski definition) is 3. The van der Waals surface area contributed by atoms with Crippen molar-refractivity contribution in [1.82, 2.24) is 10.2 Å². The van der Waals surface area contributed by atoms with Crippen LogP contribution >= 0.6 is 11.8 Å². The average molecular weight is 304 g/mol. The highest BCUT2D eigenvalue weighted by atomic mass is 32.2. The molecule has 0 saturated carbocycles. The molecule has 1 saturated heterocycles. The molecule has 0 spiro atoms. The van der Waals surface area contributed by atoms with Gasteiger partial charge >= 0.3 is 0 Å². The number of nitrogens with one attached hydrogen (secondary N) is 1. The van der Waals surface area contributed by atoms with Gasteiger partial charge in [-0.2, -0.15) is 0 Å². The predicted molar refractivity (Wildman–Crippen MR) is 84.1 cm³/mol. The van der Waals surface area contributed by atoms with Crippen molar-refractivity contribution >= 4 is 23.6 Å². The van der Waals surface area contributed by atoms with E-state index in [-0.39, 0.29) is 23.2 Å². The quantitative estimate of drug-likeness (QED) is 0.851. The van der Waals surface area contributed by atoms with Gasteiger partial charge in [0.15, 0.2) is 0 Å². The summed E-state index contributed by atoms with van der Waals surface area (Å²) in [5.41, 5.74) is 1.80. The molecule has 2 amide bonds. The molecule has 3 rings (SSSR count). The van der Waals surface area contributed by atoms with E-state index in [1.54, 1.807) is 16.7 Å². The predicted octanol–water partition coefficient (Wildman–Crippen LogP) is 2.56. The molecule has 2 aliphatic heterocycles. The van der Waals surface area contributed by atoms with Crippen LogP contribution in [0, 0.1) is 0 Å². The van der Waals surface area contributed by atoms with Crippen molar-refractivity contribution in [3.05, 3.63) is 35.4 Å². The summed E-state index contributed by atoms with van der Waals surface area (Å²) >= 11 is 1.68. The van der Waals surface area contributed by atoms with E-state index in [2.05, 4.69) is 12.2 Å². The van der Waals surface area contributed by atoms with E-state index in [1.165, 1.54) is 0 Å². The summed E-state index contributed by atoms with van der Waals surface area (Å²) < 4.78 is 0. The van der Waals surface area contributed by atoms with Crippen molar-refractivity contribution in [3.8, 4) is 0 Å². The zero-order chi connectivity index (χ0) is 14.8. The SMILES string of the molecule is CCCCCNC(=O)[C@H]1CS[C@H]2c3ccccc3C(=O)N12. The lowest BCUT2D eigenvalue weighted by atomic mass is 10.1. The van der Waals surface area contributed by atoms with E-state index < -0.39 is 0 Å². The Morgan fingerprint density at radius 1 is 1.38 bits per heavy atom. The second-order valence-corrected chi connectivity index (χ2v) is 6.61. The number of hydrogen-bond donors (Lipinski definition) is 1. The van der Waals surface area contributed by atoms with E-state index in [0.29, 0.717) is 12.3 Å². The highest BCUT2D eigenvalue weighted by Crippen LogP contribution is 2.47. The molecule has 1 aromatic rings. The monoisotopic (exact) mass is 304 g/mol. The average Bonchev–Trinajstić information content (AvgIpc) is 3.05. The zero-order valence-corrected chi connectivity index (χ0v) is 13.0. The van der Waals surface area contributed by atoms with Gasteiger partial charge in [0.25, 0.3) is 5.91 Å². The minimum absolute atomic E-state index is 0.00527. The maximum absolute atomic E-state index is 12.5. The first-order chi connectivity index (χ1) is 10.2. The number of amides is 2. The first kappa shape index (κ1) is 14.4. The van der Waals surface area contributed by atoms with Gasteiger partial charge in [0.2, 0.25) is 5.91 Å². The molecular formula is C16H20N2O2S. The summed E-state index contributed by atoms with van der Waals surface area (Å²) in [6.45, 7) is 2.84. The first-order valence-corrected chi connectivity index (χ1v) is 8.59. The van der Waals surface area contributed by atoms with Gasteiger partial charge in [-0.1, -0.05) is 38.0 Å². The largest absolute Gasteiger partial charge is 0.354 e. The van der Waals surface area contributed by atoms with Crippen LogP contribution < -0.4 is 5.32 Å². The Bertz CT molecular complexity index is 561. The first-order valence-electron chi connectivity index (χ1n) is 7.55. The molecule has 1 N–H and O–H groups in total. The molecule has 2 heterocycles. The number of unbranched alkanes of at least 4 members (excludes halogenated alkanes) is 2. The molecular weight excluding hydrogens is 284 g/mol. The van der Waals surface area contributed by atoms with Crippen LogP contribution in [-0.4, -0.2) is 35.1 Å². The lowest BCUT2D eigenvalue weighted by molar-refractivity contribution is -0.124. The van der Waals surface area contributed by atoms with E-state index in [9.17, 15) is 9.59 Å². The summed E-state index contributed by atoms with van der Waals surface area (Å²) in [4.78, 5) is 26.6. The fourth-order valence-electron chi connectivity index (χ4n) is 2.95. The number of nitrogens with zero attached hydrogens (tertiary/aromatic N) is 1. The highest BCUT2D eigenvalue weighted by Gasteiger charge is 2.48. The smallest absolute Gasteiger partial charge is 0.256 e. The third-order valence-electron chi connectivity index (χ3n) is 4.07. The standard InChI is InChI=1S/C16H20N2O2S/c1-2-3-6-9-17-14(19)13-10-21-16-12-8-5-4-7-11(12)15(20)18(13)16/h4-5,7-8,13,16H,2-3,6,9-10H2,1H3,(H,17,19)/t13-,16+/m1/s1. The molecule has 0 unspecified atom stereocenters. The van der Waals surface area contributed by atoms with Crippen LogP contribution in [0.2, 0.25) is 0 Å². The van der Waals surface area contributed by atoms with Crippen LogP contribution in [0.5, 0.6) is 0 Å². The summed E-state index contributed by atoms with van der Waals surface area (Å²) in [7, 11) is 0. The number of benzene rings is 1. The minimum atomic E-state index is -0.332. The lowest BCUT2D eigenvalue weighted by Crippen LogP contribution is -2.46. The second-order valence-electron chi connectivity index (χ2n) is 5.50. The van der Waals surface area contributed by atoms with Gasteiger partial charge in [-0.05, 0) is 18.1 Å². The molecule has 0 aromatic heterocycles. The van der Waals surface area contributed by atoms with Gasteiger partial charge in [0.05, 0.1) is 0 Å². The van der Waals surface area contributed by atoms with Crippen LogP contribution in [0.3, 0.4) is 0 Å². The third-order valence-corrected chi connectivity index (χ3v) is 5.38. The van der Waals surface area contributed by atoms with Crippen LogP contribution in [0.15, 0.2) is 24.3 Å². The zero-order valence-electron chi connectivity index (χ0n) is 12.2. The van der Waals surface area contributed by atoms with Crippen LogP contribution in [0.1, 0.15) is 47.5 Å². The highest BCUT2D eigenvalue weighted by molar-refractivity contribution is 7.99. The summed E-state index contributed by atoms with van der Waals surface area (Å²) in [6.07, 6.45) is 3.26. The topological polar surface area (TPSA) is 49.4 Å². The van der Waals surface area contributed by atoms with Crippen molar-refractivity contribution in [2.75, 3.05) is 12.3 Å². The summed E-state index contributed by atoms with van der Waals surface area (Å²) in [5, 5.41) is 2.99. The minimum Gasteiger partial charge on any atom is -0.354 e. The maximum atomic E-state index is 12.5. The third kappa shape index (κ3) is 2.55. The Morgan fingerprint density at radius 2 is 2.19 bits per heavy atom. The number of carbonyl (C=O) groups is 2. The molecule has 5 heteroatoms. The normalized spacial score (nSPS) is 23.1. The van der Waals surface area contributed by atoms with Crippen molar-refractivity contribution in [3.63, 3.8) is 0 Å². The van der Waals surface area contributed by atoms with Crippen molar-refractivity contribution in [1.29, 1.82) is 0 Å². The molecule has 4 nitrogen and oxygen atoms in total. The van der Waals surface area contributed by atoms with E-state index >= 15 is 0 Å². The Balaban J connectivity index is 1.68. The Labute approximate surface area is 129 Å². The Hall–Kier alpha value is -1.49. The van der Waals surface area contributed by atoms with Gasteiger partial charge in [-0.3, -0.25) is 9.59 Å². The second kappa shape index (κ2) is 6.10. The molecule has 2 aliphatic rings. The maximum Gasteiger partial charge on any atom is 0.256 e. The van der Waals surface area contributed by atoms with Crippen LogP contribution in [-0.2, 0) is 4.79 Å². The number of rotatable bonds is 5. The number of thioether (sulfide) groups is 1. The van der Waals surface area contributed by atoms with E-state index in [0.717, 1.165) is 30.4 Å². The molecule has 0 bridgehead atoms. The molecule has 1 fully saturated rings. The molecule has 0 aliphatic carbocycles. The van der Waals surface area contributed by atoms with Crippen molar-refractivity contribution < 1.29 is 9.59 Å². The fourth-order valence-corrected chi connectivity index (χ4v) is 4.41. The van der Waals surface area contributed by atoms with Crippen molar-refractivity contribution in [2.45, 2.75) is 37.6 Å². The van der Waals surface area contributed by atoms with E-state index in [1.807, 2.05) is 24.3 Å². The number of carbonyl (C=O) groups excluding carboxylic acids is 2. The van der Waals surface area contributed by atoms with Gasteiger partial charge < -0.3 is 10.2 Å². The Kier molecular flexibility index (Phi) is 4.19. The van der Waals surface area contributed by atoms with Gasteiger partial charge in [-0.15, -0.1) is 11.8 Å². The van der Waals surface area contributed by atoms with Crippen molar-refractivity contribution in [2.24, 2.45) is 0 Å². The molecule has 0 radical (unpaired) electrons. The Morgan fingerprint density at radius 3 is 3.00 bits per heavy atom. The molecule has 112 valence electrons. The summed E-state index contributed by atoms with van der Waals surface area (Å²) in [6, 6.07) is 7.35. The summed E-state index contributed by atoms with van der Waals surface area (Å²) in [5.74, 6) is 0.668. The van der Waals surface area contributed by atoms with Gasteiger partial charge in [-0.25, -0.2) is 0 Å². The van der Waals surface area contributed by atoms with Crippen LogP contribution in [0.25, 0.3) is 0 Å². The molecule has 2 atom stereocenters. The molecule has 1 aromatic carbocycles. The fraction of sp³-hybridized carbons (Fsp3) is 0.500. The van der Waals surface area contributed by atoms with E-state index in [4.69, 9.17) is 0 Å². The number of fused-ring (bicyclic) bond motifs is 3. The lowest BCUT2D eigenvalue weighted by Gasteiger charge is -2.22. The molecule has 21 heavy (non-hydrogen) atoms.